The molecular weight excluding hydrogens is 534 g/mol. The van der Waals surface area contributed by atoms with Gasteiger partial charge in [-0.25, -0.2) is 0 Å². The Morgan fingerprint density at radius 3 is 2.59 bits per heavy atom. The van der Waals surface area contributed by atoms with Crippen LogP contribution in [0.3, 0.4) is 0 Å². The molecule has 2 aliphatic heterocycles. The topological polar surface area (TPSA) is 54.3 Å². The molecule has 0 saturated carbocycles. The van der Waals surface area contributed by atoms with Crippen molar-refractivity contribution in [3.8, 4) is 3.70 Å². The van der Waals surface area contributed by atoms with Crippen molar-refractivity contribution in [1.29, 1.82) is 0 Å². The molecule has 0 unspecified atom stereocenters. The molecule has 1 fully saturated rings. The first-order chi connectivity index (χ1) is 15.3. The van der Waals surface area contributed by atoms with Crippen LogP contribution in [0.15, 0.2) is 54.1 Å². The van der Waals surface area contributed by atoms with Crippen LogP contribution in [0.5, 0.6) is 0 Å². The van der Waals surface area contributed by atoms with Gasteiger partial charge in [0.05, 0.1) is 0 Å². The third-order valence-corrected chi connectivity index (χ3v) is 9.99. The van der Waals surface area contributed by atoms with Crippen molar-refractivity contribution >= 4 is 77.5 Å². The number of thiocarbonyl (C=S) groups is 1. The van der Waals surface area contributed by atoms with Crippen LogP contribution in [0.1, 0.15) is 28.6 Å². The van der Waals surface area contributed by atoms with E-state index >= 15 is 0 Å². The SMILES string of the molecule is CN1C(=O)/C(=C/c2cc3c([te]2)-n2c4ccccc4c4cccc(c42)C3(C)C)C(=O)NC1=S. The summed E-state index contributed by atoms with van der Waals surface area (Å²) in [4.78, 5) is 26.5. The van der Waals surface area contributed by atoms with E-state index in [1.165, 1.54) is 41.5 Å². The molecule has 0 radical (unpaired) electrons. The van der Waals surface area contributed by atoms with Crippen LogP contribution in [0.2, 0.25) is 0 Å². The Bertz CT molecular complexity index is 1560. The van der Waals surface area contributed by atoms with Crippen molar-refractivity contribution in [2.24, 2.45) is 0 Å². The zero-order valence-corrected chi connectivity index (χ0v) is 20.9. The fraction of sp³-hybridized carbons (Fsp3) is 0.160. The van der Waals surface area contributed by atoms with Crippen molar-refractivity contribution < 1.29 is 9.59 Å². The van der Waals surface area contributed by atoms with E-state index < -0.39 is 26.3 Å². The number of nitrogens with one attached hydrogen (secondary N) is 1. The van der Waals surface area contributed by atoms with Crippen molar-refractivity contribution in [1.82, 2.24) is 14.8 Å². The Morgan fingerprint density at radius 2 is 1.78 bits per heavy atom. The fourth-order valence-electron chi connectivity index (χ4n) is 4.85. The number of carbonyl (C=O) groups excluding carboxylic acids is 2. The van der Waals surface area contributed by atoms with Gasteiger partial charge in [-0.1, -0.05) is 0 Å². The van der Waals surface area contributed by atoms with Gasteiger partial charge in [-0.15, -0.1) is 0 Å². The van der Waals surface area contributed by atoms with Crippen LogP contribution >= 0.6 is 12.2 Å². The first-order valence-corrected chi connectivity index (χ1v) is 13.1. The molecule has 2 aromatic carbocycles. The van der Waals surface area contributed by atoms with Gasteiger partial charge in [0.2, 0.25) is 0 Å². The number of aromatic nitrogens is 1. The van der Waals surface area contributed by atoms with E-state index in [1.54, 1.807) is 13.1 Å². The third-order valence-electron chi connectivity index (χ3n) is 6.57. The van der Waals surface area contributed by atoms with Crippen molar-refractivity contribution in [2.45, 2.75) is 19.3 Å². The summed E-state index contributed by atoms with van der Waals surface area (Å²) in [5.74, 6) is -0.777. The first-order valence-electron chi connectivity index (χ1n) is 10.3. The van der Waals surface area contributed by atoms with Crippen LogP contribution in [-0.2, 0) is 15.0 Å². The summed E-state index contributed by atoms with van der Waals surface area (Å²) in [5.41, 5.74) is 5.06. The summed E-state index contributed by atoms with van der Waals surface area (Å²) in [6.07, 6.45) is 1.78. The molecule has 6 rings (SSSR count). The van der Waals surface area contributed by atoms with Crippen molar-refractivity contribution in [3.63, 3.8) is 0 Å². The molecule has 7 heteroatoms. The molecule has 0 bridgehead atoms. The Kier molecular flexibility index (Phi) is 4.14. The van der Waals surface area contributed by atoms with Gasteiger partial charge in [-0.05, 0) is 0 Å². The van der Waals surface area contributed by atoms with E-state index in [9.17, 15) is 9.59 Å². The summed E-state index contributed by atoms with van der Waals surface area (Å²) in [5, 5.41) is 5.28. The molecule has 5 nitrogen and oxygen atoms in total. The monoisotopic (exact) mass is 555 g/mol. The normalized spacial score (nSPS) is 18.5. The standard InChI is InChI=1S/C25H19N3O2STe/c1-25(2)17-9-6-8-15-14-7-4-5-10-19(14)28(20(15)17)23-18(25)12-13(32-23)11-16-21(29)26-24(31)27(3)22(16)30/h4-12H,1-3H3,(H,26,29,31)/b16-11+. The number of para-hydroxylation sites is 2. The van der Waals surface area contributed by atoms with Gasteiger partial charge in [-0.2, -0.15) is 0 Å². The second-order valence-electron chi connectivity index (χ2n) is 8.73. The summed E-state index contributed by atoms with van der Waals surface area (Å²) in [7, 11) is 1.59. The zero-order chi connectivity index (χ0) is 22.4. The maximum atomic E-state index is 12.7. The molecule has 0 spiro atoms. The Hall–Kier alpha value is -2.72. The van der Waals surface area contributed by atoms with Gasteiger partial charge >= 0.3 is 201 Å². The third kappa shape index (κ3) is 2.53. The van der Waals surface area contributed by atoms with Gasteiger partial charge in [0, 0.05) is 0 Å². The predicted octanol–water partition coefficient (Wildman–Crippen LogP) is 3.74. The van der Waals surface area contributed by atoms with E-state index in [4.69, 9.17) is 12.2 Å². The van der Waals surface area contributed by atoms with Crippen LogP contribution < -0.4 is 5.32 Å². The molecule has 2 amide bonds. The number of hydrogen-bond donors (Lipinski definition) is 1. The van der Waals surface area contributed by atoms with E-state index in [1.807, 2.05) is 0 Å². The van der Waals surface area contributed by atoms with Gasteiger partial charge in [0.15, 0.2) is 0 Å². The van der Waals surface area contributed by atoms with Crippen molar-refractivity contribution in [2.75, 3.05) is 7.05 Å². The second-order valence-corrected chi connectivity index (χ2v) is 12.1. The number of rotatable bonds is 1. The molecule has 0 aliphatic carbocycles. The molecule has 1 N–H and O–H groups in total. The van der Waals surface area contributed by atoms with Crippen LogP contribution in [0, 0.1) is 0 Å². The Morgan fingerprint density at radius 1 is 1.03 bits per heavy atom. The summed E-state index contributed by atoms with van der Waals surface area (Å²) in [6.45, 7) is 4.53. The molecule has 1 saturated heterocycles. The van der Waals surface area contributed by atoms with Gasteiger partial charge in [-0.3, -0.25) is 0 Å². The average Bonchev–Trinajstić information content (AvgIpc) is 3.34. The Balaban J connectivity index is 1.62. The van der Waals surface area contributed by atoms with Crippen LogP contribution in [0.4, 0.5) is 0 Å². The van der Waals surface area contributed by atoms with Gasteiger partial charge in [0.25, 0.3) is 0 Å². The molecule has 32 heavy (non-hydrogen) atoms. The number of carbonyl (C=O) groups is 2. The molecule has 4 aromatic rings. The number of amides is 2. The van der Waals surface area contributed by atoms with E-state index in [2.05, 4.69) is 72.3 Å². The number of benzene rings is 2. The minimum absolute atomic E-state index is 0.143. The summed E-state index contributed by atoms with van der Waals surface area (Å²) < 4.78 is 4.84. The van der Waals surface area contributed by atoms with E-state index in [0.29, 0.717) is 0 Å². The molecule has 2 aliphatic rings. The number of likely N-dealkylation sites (N-methyl/N-ethyl adjacent to an activating group) is 1. The minimum atomic E-state index is -0.822. The molecule has 4 heterocycles. The van der Waals surface area contributed by atoms with Crippen molar-refractivity contribution in [3.05, 3.63) is 68.8 Å². The number of nitrogens with zero attached hydrogens (tertiary/aromatic N) is 2. The van der Waals surface area contributed by atoms with Gasteiger partial charge in [0.1, 0.15) is 0 Å². The predicted molar refractivity (Wildman–Crippen MR) is 131 cm³/mol. The first kappa shape index (κ1) is 19.9. The zero-order valence-electron chi connectivity index (χ0n) is 17.7. The summed E-state index contributed by atoms with van der Waals surface area (Å²) >= 11 is 4.25. The van der Waals surface area contributed by atoms with Crippen LogP contribution in [0.25, 0.3) is 31.6 Å². The van der Waals surface area contributed by atoms with Crippen LogP contribution in [-0.4, -0.2) is 53.9 Å². The Labute approximate surface area is 199 Å². The van der Waals surface area contributed by atoms with Gasteiger partial charge < -0.3 is 0 Å². The fourth-order valence-corrected chi connectivity index (χ4v) is 8.69. The molecular formula is C25H19N3O2STe. The van der Waals surface area contributed by atoms with E-state index in [0.717, 1.165) is 3.58 Å². The molecule has 0 atom stereocenters. The second kappa shape index (κ2) is 6.64. The number of hydrogen-bond acceptors (Lipinski definition) is 3. The maximum absolute atomic E-state index is 12.7. The quantitative estimate of drug-likeness (QED) is 0.169. The average molecular weight is 553 g/mol. The molecule has 158 valence electrons. The number of fused-ring (bicyclic) bond motifs is 5. The van der Waals surface area contributed by atoms with E-state index in [-0.39, 0.29) is 22.0 Å². The molecule has 2 aromatic heterocycles. The summed E-state index contributed by atoms with van der Waals surface area (Å²) in [6, 6.07) is 17.3.